The van der Waals surface area contributed by atoms with E-state index >= 15 is 0 Å². The van der Waals surface area contributed by atoms with Crippen LogP contribution in [-0.4, -0.2) is 11.1 Å². The maximum atomic E-state index is 12.8. The van der Waals surface area contributed by atoms with Crippen molar-refractivity contribution in [3.8, 4) is 0 Å². The molecule has 0 bridgehead atoms. The van der Waals surface area contributed by atoms with Crippen molar-refractivity contribution in [3.05, 3.63) is 34.4 Å². The van der Waals surface area contributed by atoms with Crippen LogP contribution in [0.1, 0.15) is 15.9 Å². The summed E-state index contributed by atoms with van der Waals surface area (Å²) >= 11 is 0. The zero-order valence-electron chi connectivity index (χ0n) is 7.98. The minimum Gasteiger partial charge on any atom is -0.545 e. The van der Waals surface area contributed by atoms with Gasteiger partial charge < -0.3 is 15.0 Å². The van der Waals surface area contributed by atoms with Crippen molar-refractivity contribution in [2.75, 3.05) is 0 Å². The van der Waals surface area contributed by atoms with Crippen molar-refractivity contribution < 1.29 is 62.1 Å². The molecule has 82 valence electrons. The van der Waals surface area contributed by atoms with E-state index in [-0.39, 0.29) is 29.6 Å². The number of halogens is 4. The predicted molar refractivity (Wildman–Crippen MR) is 36.5 cm³/mol. The van der Waals surface area contributed by atoms with Crippen LogP contribution in [0.3, 0.4) is 0 Å². The molecule has 0 saturated heterocycles. The van der Waals surface area contributed by atoms with E-state index in [9.17, 15) is 27.5 Å². The number of carbonyl (C=O) groups excluding carboxylic acids is 1. The van der Waals surface area contributed by atoms with Crippen LogP contribution in [0.2, 0.25) is 0 Å². The van der Waals surface area contributed by atoms with Crippen molar-refractivity contribution >= 4 is 5.97 Å². The maximum Gasteiger partial charge on any atom is 1.00 e. The largest absolute Gasteiger partial charge is 1.00 e. The normalized spacial score (nSPS) is 9.81. The number of carboxylic acids is 1. The molecule has 0 aliphatic heterocycles. The van der Waals surface area contributed by atoms with Crippen LogP contribution in [0.5, 0.6) is 0 Å². The van der Waals surface area contributed by atoms with Crippen molar-refractivity contribution in [2.45, 2.75) is 6.61 Å². The van der Waals surface area contributed by atoms with E-state index < -0.39 is 47.0 Å². The van der Waals surface area contributed by atoms with Gasteiger partial charge in [-0.1, -0.05) is 0 Å². The number of rotatable bonds is 2. The Morgan fingerprint density at radius 3 is 1.69 bits per heavy atom. The quantitative estimate of drug-likeness (QED) is 0.346. The number of aliphatic hydroxyl groups excluding tert-OH is 1. The molecule has 0 atom stereocenters. The van der Waals surface area contributed by atoms with Crippen LogP contribution >= 0.6 is 0 Å². The molecule has 0 heterocycles. The molecule has 0 spiro atoms. The van der Waals surface area contributed by atoms with Crippen molar-refractivity contribution in [1.82, 2.24) is 0 Å². The topological polar surface area (TPSA) is 60.4 Å². The summed E-state index contributed by atoms with van der Waals surface area (Å²) in [4.78, 5) is 10.2. The predicted octanol–water partition coefficient (Wildman–Crippen LogP) is -2.90. The van der Waals surface area contributed by atoms with Crippen LogP contribution in [0, 0.1) is 23.3 Å². The van der Waals surface area contributed by atoms with Gasteiger partial charge in [0.05, 0.1) is 23.7 Å². The molecule has 0 aliphatic rings. The second-order valence-corrected chi connectivity index (χ2v) is 2.56. The minimum absolute atomic E-state index is 0. The Hall–Kier alpha value is -0.630. The van der Waals surface area contributed by atoms with Crippen LogP contribution < -0.4 is 34.7 Å². The molecule has 1 N–H and O–H groups in total. The second kappa shape index (κ2) is 5.62. The summed E-state index contributed by atoms with van der Waals surface area (Å²) in [5.74, 6) is -10.5. The summed E-state index contributed by atoms with van der Waals surface area (Å²) in [6, 6.07) is 0. The van der Waals surface area contributed by atoms with Gasteiger partial charge >= 0.3 is 29.6 Å². The molecule has 0 radical (unpaired) electrons. The van der Waals surface area contributed by atoms with Crippen LogP contribution in [-0.2, 0) is 6.61 Å². The minimum atomic E-state index is -2.38. The zero-order chi connectivity index (χ0) is 11.7. The molecule has 1 rings (SSSR count). The third-order valence-electron chi connectivity index (χ3n) is 1.72. The van der Waals surface area contributed by atoms with Gasteiger partial charge in [-0.05, 0) is 0 Å². The molecule has 0 aliphatic carbocycles. The number of carboxylic acid groups (broad SMARTS) is 1. The summed E-state index contributed by atoms with van der Waals surface area (Å²) in [6.45, 7) is -1.29. The van der Waals surface area contributed by atoms with E-state index in [2.05, 4.69) is 0 Å². The zero-order valence-corrected chi connectivity index (χ0v) is 9.98. The van der Waals surface area contributed by atoms with E-state index in [4.69, 9.17) is 5.11 Å². The van der Waals surface area contributed by atoms with Gasteiger partial charge in [0.25, 0.3) is 0 Å². The first kappa shape index (κ1) is 15.4. The molecule has 3 nitrogen and oxygen atoms in total. The fourth-order valence-electron chi connectivity index (χ4n) is 0.995. The number of hydrogen-bond acceptors (Lipinski definition) is 3. The summed E-state index contributed by atoms with van der Waals surface area (Å²) in [5, 5.41) is 18.6. The summed E-state index contributed by atoms with van der Waals surface area (Å²) < 4.78 is 51.3. The molecule has 0 aromatic heterocycles. The maximum absolute atomic E-state index is 12.8. The Labute approximate surface area is 109 Å². The van der Waals surface area contributed by atoms with Gasteiger partial charge in [-0.3, -0.25) is 0 Å². The Morgan fingerprint density at radius 1 is 1.06 bits per heavy atom. The number of aromatic carboxylic acids is 1. The smallest absolute Gasteiger partial charge is 0.545 e. The third-order valence-corrected chi connectivity index (χ3v) is 1.72. The van der Waals surface area contributed by atoms with Gasteiger partial charge in [0, 0.05) is 0 Å². The summed E-state index contributed by atoms with van der Waals surface area (Å²) in [5.41, 5.74) is -3.10. The average Bonchev–Trinajstić information content (AvgIpc) is 2.16. The Balaban J connectivity index is 0.00000225. The Morgan fingerprint density at radius 2 is 1.44 bits per heavy atom. The molecule has 0 fully saturated rings. The molecule has 1 aromatic rings. The van der Waals surface area contributed by atoms with Crippen molar-refractivity contribution in [3.63, 3.8) is 0 Å². The van der Waals surface area contributed by atoms with Gasteiger partial charge in [-0.25, -0.2) is 17.6 Å². The molecular weight excluding hydrogens is 243 g/mol. The first-order valence-electron chi connectivity index (χ1n) is 3.58. The molecule has 8 heteroatoms. The van der Waals surface area contributed by atoms with Gasteiger partial charge in [0.1, 0.15) is 0 Å². The van der Waals surface area contributed by atoms with Crippen LogP contribution in [0.25, 0.3) is 0 Å². The van der Waals surface area contributed by atoms with E-state index in [1.165, 1.54) is 0 Å². The third kappa shape index (κ3) is 2.37. The average molecular weight is 246 g/mol. The van der Waals surface area contributed by atoms with Gasteiger partial charge in [-0.2, -0.15) is 0 Å². The second-order valence-electron chi connectivity index (χ2n) is 2.56. The van der Waals surface area contributed by atoms with Crippen LogP contribution in [0.4, 0.5) is 17.6 Å². The molecule has 0 saturated carbocycles. The van der Waals surface area contributed by atoms with Crippen molar-refractivity contribution in [1.29, 1.82) is 0 Å². The van der Waals surface area contributed by atoms with E-state index in [1.807, 2.05) is 0 Å². The Kier molecular flexibility index (Phi) is 5.40. The molecule has 16 heavy (non-hydrogen) atoms. The van der Waals surface area contributed by atoms with E-state index in [0.29, 0.717) is 0 Å². The fourth-order valence-corrected chi connectivity index (χ4v) is 0.995. The van der Waals surface area contributed by atoms with Crippen molar-refractivity contribution in [2.24, 2.45) is 0 Å². The SMILES string of the molecule is O=C([O-])c1c(F)c(F)c(CO)c(F)c1F.[Na+]. The van der Waals surface area contributed by atoms with E-state index in [1.54, 1.807) is 0 Å². The Bertz CT molecular complexity index is 407. The standard InChI is InChI=1S/C8H4F4O3.Na/c9-4-2(1-13)5(10)7(12)3(6(4)11)8(14)15;/h13H,1H2,(H,14,15);/q;+1/p-1. The first-order chi connectivity index (χ1) is 6.91. The van der Waals surface area contributed by atoms with Gasteiger partial charge in [0.2, 0.25) is 0 Å². The molecule has 0 amide bonds. The first-order valence-corrected chi connectivity index (χ1v) is 3.58. The number of benzene rings is 1. The monoisotopic (exact) mass is 246 g/mol. The summed E-state index contributed by atoms with van der Waals surface area (Å²) in [6.07, 6.45) is 0. The summed E-state index contributed by atoms with van der Waals surface area (Å²) in [7, 11) is 0. The van der Waals surface area contributed by atoms with Gasteiger partial charge in [0.15, 0.2) is 23.3 Å². The molecule has 1 aromatic carbocycles. The van der Waals surface area contributed by atoms with Crippen LogP contribution in [0.15, 0.2) is 0 Å². The number of carbonyl (C=O) groups is 1. The fraction of sp³-hybridized carbons (Fsp3) is 0.125. The van der Waals surface area contributed by atoms with E-state index in [0.717, 1.165) is 0 Å². The molecular formula is C8H3F4NaO3. The molecule has 0 unspecified atom stereocenters. The number of aliphatic hydroxyl groups is 1. The van der Waals surface area contributed by atoms with Gasteiger partial charge in [-0.15, -0.1) is 0 Å². The number of hydrogen-bond donors (Lipinski definition) is 1.